The number of benzene rings is 1. The van der Waals surface area contributed by atoms with Gasteiger partial charge in [-0.3, -0.25) is 14.5 Å². The molecule has 3 aliphatic rings. The average Bonchev–Trinajstić information content (AvgIpc) is 2.74. The molecular weight excluding hydrogens is 368 g/mol. The van der Waals surface area contributed by atoms with Gasteiger partial charge < -0.3 is 9.73 Å². The van der Waals surface area contributed by atoms with Crippen LogP contribution in [0.3, 0.4) is 0 Å². The molecule has 29 heavy (non-hydrogen) atoms. The van der Waals surface area contributed by atoms with E-state index in [4.69, 9.17) is 4.42 Å². The van der Waals surface area contributed by atoms with Crippen LogP contribution in [0.5, 0.6) is 0 Å². The van der Waals surface area contributed by atoms with E-state index in [1.54, 1.807) is 23.1 Å². The van der Waals surface area contributed by atoms with Crippen molar-refractivity contribution in [2.24, 2.45) is 0 Å². The van der Waals surface area contributed by atoms with Crippen molar-refractivity contribution in [2.45, 2.75) is 63.5 Å². The molecule has 1 aromatic heterocycles. The molecule has 150 valence electrons. The second kappa shape index (κ2) is 6.87. The third-order valence-corrected chi connectivity index (χ3v) is 6.51. The monoisotopic (exact) mass is 392 g/mol. The van der Waals surface area contributed by atoms with Crippen molar-refractivity contribution in [3.8, 4) is 0 Å². The second-order valence-electron chi connectivity index (χ2n) is 8.30. The standard InChI is InChI=1S/C23H24N2O4/c26-20-16-9-3-4-10-18(16)25(23(24-20)12-6-1-7-13-23)21(27)17-14-15-8-2-5-11-19(15)29-22(17)28/h2,5,8,11,14H,1,3-4,6-7,9-10,12-13H2,(H,24,26). The van der Waals surface area contributed by atoms with E-state index in [0.717, 1.165) is 37.8 Å². The molecule has 1 spiro atoms. The molecule has 2 aliphatic carbocycles. The Morgan fingerprint density at radius 3 is 2.59 bits per heavy atom. The van der Waals surface area contributed by atoms with E-state index in [2.05, 4.69) is 5.32 Å². The molecule has 6 nitrogen and oxygen atoms in total. The van der Waals surface area contributed by atoms with Crippen LogP contribution in [0.2, 0.25) is 0 Å². The summed E-state index contributed by atoms with van der Waals surface area (Å²) >= 11 is 0. The predicted molar refractivity (Wildman–Crippen MR) is 108 cm³/mol. The fraction of sp³-hybridized carbons (Fsp3) is 0.435. The molecule has 0 radical (unpaired) electrons. The summed E-state index contributed by atoms with van der Waals surface area (Å²) in [7, 11) is 0. The van der Waals surface area contributed by atoms with Crippen molar-refractivity contribution < 1.29 is 14.0 Å². The van der Waals surface area contributed by atoms with Crippen LogP contribution in [0.1, 0.15) is 68.1 Å². The summed E-state index contributed by atoms with van der Waals surface area (Å²) < 4.78 is 5.43. The third kappa shape index (κ3) is 2.89. The summed E-state index contributed by atoms with van der Waals surface area (Å²) in [5, 5.41) is 3.88. The van der Waals surface area contributed by atoms with E-state index in [-0.39, 0.29) is 17.4 Å². The Balaban J connectivity index is 1.67. The summed E-state index contributed by atoms with van der Waals surface area (Å²) in [5.74, 6) is -0.406. The van der Waals surface area contributed by atoms with E-state index in [1.807, 2.05) is 12.1 Å². The maximum Gasteiger partial charge on any atom is 0.349 e. The molecule has 5 rings (SSSR count). The van der Waals surface area contributed by atoms with Gasteiger partial charge in [-0.05, 0) is 63.5 Å². The third-order valence-electron chi connectivity index (χ3n) is 6.51. The summed E-state index contributed by atoms with van der Waals surface area (Å²) in [5.41, 5.74) is 0.633. The van der Waals surface area contributed by atoms with E-state index in [0.29, 0.717) is 42.2 Å². The summed E-state index contributed by atoms with van der Waals surface area (Å²) in [6.45, 7) is 0. The van der Waals surface area contributed by atoms with E-state index < -0.39 is 11.3 Å². The van der Waals surface area contributed by atoms with Gasteiger partial charge in [0.05, 0.1) is 0 Å². The van der Waals surface area contributed by atoms with Crippen molar-refractivity contribution in [2.75, 3.05) is 0 Å². The van der Waals surface area contributed by atoms with Crippen LogP contribution in [-0.4, -0.2) is 22.4 Å². The van der Waals surface area contributed by atoms with Gasteiger partial charge in [-0.25, -0.2) is 4.79 Å². The maximum absolute atomic E-state index is 13.8. The van der Waals surface area contributed by atoms with Gasteiger partial charge >= 0.3 is 5.63 Å². The number of nitrogens with zero attached hydrogens (tertiary/aromatic N) is 1. The predicted octanol–water partition coefficient (Wildman–Crippen LogP) is 3.85. The number of allylic oxidation sites excluding steroid dienone is 1. The Hall–Kier alpha value is -2.89. The molecule has 1 saturated carbocycles. The highest BCUT2D eigenvalue weighted by molar-refractivity contribution is 6.02. The lowest BCUT2D eigenvalue weighted by molar-refractivity contribution is -0.124. The Kier molecular flexibility index (Phi) is 4.30. The number of fused-ring (bicyclic) bond motifs is 1. The van der Waals surface area contributed by atoms with Gasteiger partial charge in [0.1, 0.15) is 16.8 Å². The molecule has 0 unspecified atom stereocenters. The van der Waals surface area contributed by atoms with E-state index in [9.17, 15) is 14.4 Å². The lowest BCUT2D eigenvalue weighted by atomic mass is 9.81. The fourth-order valence-electron chi connectivity index (χ4n) is 5.12. The van der Waals surface area contributed by atoms with Crippen molar-refractivity contribution in [3.05, 3.63) is 57.6 Å². The largest absolute Gasteiger partial charge is 0.422 e. The van der Waals surface area contributed by atoms with Crippen LogP contribution in [0, 0.1) is 0 Å². The molecule has 1 fully saturated rings. The molecule has 1 N–H and O–H groups in total. The second-order valence-corrected chi connectivity index (χ2v) is 8.30. The first-order valence-corrected chi connectivity index (χ1v) is 10.5. The van der Waals surface area contributed by atoms with Gasteiger partial charge in [0.25, 0.3) is 11.8 Å². The molecule has 0 atom stereocenters. The minimum atomic E-state index is -0.735. The molecule has 2 amide bonds. The highest BCUT2D eigenvalue weighted by Gasteiger charge is 2.49. The quantitative estimate of drug-likeness (QED) is 0.748. The van der Waals surface area contributed by atoms with Gasteiger partial charge in [0.15, 0.2) is 0 Å². The number of carbonyl (C=O) groups excluding carboxylic acids is 2. The lowest BCUT2D eigenvalue weighted by Gasteiger charge is -2.51. The molecule has 2 aromatic rings. The smallest absolute Gasteiger partial charge is 0.349 e. The number of para-hydroxylation sites is 1. The topological polar surface area (TPSA) is 79.6 Å². The van der Waals surface area contributed by atoms with Gasteiger partial charge in [-0.1, -0.05) is 24.6 Å². The summed E-state index contributed by atoms with van der Waals surface area (Å²) in [6.07, 6.45) is 7.64. The molecule has 1 aliphatic heterocycles. The van der Waals surface area contributed by atoms with Crippen molar-refractivity contribution in [1.29, 1.82) is 0 Å². The number of carbonyl (C=O) groups is 2. The molecule has 2 heterocycles. The number of nitrogens with one attached hydrogen (secondary N) is 1. The van der Waals surface area contributed by atoms with Gasteiger partial charge in [0, 0.05) is 16.7 Å². The first-order chi connectivity index (χ1) is 14.1. The van der Waals surface area contributed by atoms with Crippen LogP contribution in [-0.2, 0) is 4.79 Å². The number of rotatable bonds is 1. The fourth-order valence-corrected chi connectivity index (χ4v) is 5.12. The van der Waals surface area contributed by atoms with Crippen LogP contribution in [0.4, 0.5) is 0 Å². The SMILES string of the molecule is O=C1NC2(CCCCC2)N(C(=O)c2cc3ccccc3oc2=O)C2=C1CCCC2. The van der Waals surface area contributed by atoms with Gasteiger partial charge in [-0.15, -0.1) is 0 Å². The highest BCUT2D eigenvalue weighted by atomic mass is 16.4. The van der Waals surface area contributed by atoms with E-state index in [1.165, 1.54) is 0 Å². The molecule has 0 bridgehead atoms. The first-order valence-electron chi connectivity index (χ1n) is 10.5. The van der Waals surface area contributed by atoms with Crippen LogP contribution >= 0.6 is 0 Å². The highest BCUT2D eigenvalue weighted by Crippen LogP contribution is 2.42. The summed E-state index contributed by atoms with van der Waals surface area (Å²) in [6, 6.07) is 8.82. The zero-order valence-electron chi connectivity index (χ0n) is 16.3. The Labute approximate surface area is 168 Å². The minimum Gasteiger partial charge on any atom is -0.422 e. The lowest BCUT2D eigenvalue weighted by Crippen LogP contribution is -2.66. The van der Waals surface area contributed by atoms with Crippen molar-refractivity contribution >= 4 is 22.8 Å². The van der Waals surface area contributed by atoms with Crippen molar-refractivity contribution in [3.63, 3.8) is 0 Å². The Morgan fingerprint density at radius 1 is 1.00 bits per heavy atom. The van der Waals surface area contributed by atoms with E-state index >= 15 is 0 Å². The number of amides is 2. The zero-order valence-corrected chi connectivity index (χ0v) is 16.3. The average molecular weight is 392 g/mol. The molecule has 0 saturated heterocycles. The van der Waals surface area contributed by atoms with Crippen molar-refractivity contribution in [1.82, 2.24) is 10.2 Å². The first kappa shape index (κ1) is 18.2. The van der Waals surface area contributed by atoms with Gasteiger partial charge in [-0.2, -0.15) is 0 Å². The number of hydrogen-bond donors (Lipinski definition) is 1. The molecule has 1 aromatic carbocycles. The van der Waals surface area contributed by atoms with Crippen LogP contribution < -0.4 is 10.9 Å². The molecular formula is C23H24N2O4. The maximum atomic E-state index is 13.8. The normalized spacial score (nSPS) is 21.2. The van der Waals surface area contributed by atoms with Crippen LogP contribution in [0.15, 0.2) is 50.8 Å². The number of hydrogen-bond acceptors (Lipinski definition) is 4. The molecule has 6 heteroatoms. The van der Waals surface area contributed by atoms with Gasteiger partial charge in [0.2, 0.25) is 0 Å². The minimum absolute atomic E-state index is 0.0298. The van der Waals surface area contributed by atoms with Crippen LogP contribution in [0.25, 0.3) is 11.0 Å². The Bertz CT molecular complexity index is 1090. The summed E-state index contributed by atoms with van der Waals surface area (Å²) in [4.78, 5) is 41.1. The zero-order chi connectivity index (χ0) is 20.0. The Morgan fingerprint density at radius 2 is 1.76 bits per heavy atom.